The summed E-state index contributed by atoms with van der Waals surface area (Å²) in [7, 11) is 0. The zero-order valence-electron chi connectivity index (χ0n) is 19.8. The standard InChI is InChI=1S/C24H48O8/c1-2-3-4-5-6-7-8-9-10-11-12-13-14-15-16-18(24(31)32)20(27)22(29)23(30)21(28)19(26)17-25/h18-23,25-30H,2-17H2,1H3,(H,31,32)/t18?,19-,20?,21+,22+,23-/m0/s1. The van der Waals surface area contributed by atoms with E-state index in [1.807, 2.05) is 0 Å². The lowest BCUT2D eigenvalue weighted by Gasteiger charge is -2.31. The number of aliphatic hydroxyl groups is 6. The third kappa shape index (κ3) is 13.7. The normalized spacial score (nSPS) is 17.5. The molecule has 2 unspecified atom stereocenters. The molecule has 8 nitrogen and oxygen atoms in total. The van der Waals surface area contributed by atoms with Crippen LogP contribution in [-0.2, 0) is 4.79 Å². The first kappa shape index (κ1) is 31.2. The van der Waals surface area contributed by atoms with E-state index in [-0.39, 0.29) is 6.42 Å². The van der Waals surface area contributed by atoms with E-state index in [1.54, 1.807) is 0 Å². The summed E-state index contributed by atoms with van der Waals surface area (Å²) < 4.78 is 0. The Balaban J connectivity index is 3.99. The van der Waals surface area contributed by atoms with Crippen molar-refractivity contribution in [1.29, 1.82) is 0 Å². The van der Waals surface area contributed by atoms with Crippen LogP contribution >= 0.6 is 0 Å². The van der Waals surface area contributed by atoms with Gasteiger partial charge in [0, 0.05) is 0 Å². The Morgan fingerprint density at radius 1 is 0.594 bits per heavy atom. The maximum Gasteiger partial charge on any atom is 0.309 e. The van der Waals surface area contributed by atoms with E-state index in [0.29, 0.717) is 6.42 Å². The van der Waals surface area contributed by atoms with E-state index in [2.05, 4.69) is 6.92 Å². The molecule has 0 aromatic rings. The number of carboxylic acids is 1. The minimum Gasteiger partial charge on any atom is -0.481 e. The summed E-state index contributed by atoms with van der Waals surface area (Å²) in [5.41, 5.74) is 0. The lowest BCUT2D eigenvalue weighted by molar-refractivity contribution is -0.165. The van der Waals surface area contributed by atoms with Gasteiger partial charge in [0.25, 0.3) is 0 Å². The molecule has 0 aliphatic heterocycles. The predicted molar refractivity (Wildman–Crippen MR) is 123 cm³/mol. The number of rotatable bonds is 22. The summed E-state index contributed by atoms with van der Waals surface area (Å²) in [6.45, 7) is 1.38. The molecule has 0 amide bonds. The number of hydrogen-bond donors (Lipinski definition) is 7. The van der Waals surface area contributed by atoms with Crippen molar-refractivity contribution in [2.45, 2.75) is 134 Å². The molecule has 0 radical (unpaired) electrons. The van der Waals surface area contributed by atoms with E-state index in [4.69, 9.17) is 5.11 Å². The Morgan fingerprint density at radius 3 is 1.34 bits per heavy atom. The molecule has 0 aliphatic rings. The Labute approximate surface area is 193 Å². The van der Waals surface area contributed by atoms with Crippen LogP contribution in [-0.4, -0.2) is 78.8 Å². The third-order valence-electron chi connectivity index (χ3n) is 6.23. The third-order valence-corrected chi connectivity index (χ3v) is 6.23. The highest BCUT2D eigenvalue weighted by Gasteiger charge is 2.39. The number of aliphatic hydroxyl groups excluding tert-OH is 6. The van der Waals surface area contributed by atoms with Gasteiger partial charge in [-0.05, 0) is 6.42 Å². The summed E-state index contributed by atoms with van der Waals surface area (Å²) >= 11 is 0. The maximum absolute atomic E-state index is 11.5. The van der Waals surface area contributed by atoms with Crippen molar-refractivity contribution >= 4 is 5.97 Å². The van der Waals surface area contributed by atoms with Crippen molar-refractivity contribution in [3.8, 4) is 0 Å². The molecule has 0 rings (SSSR count). The molecule has 0 heterocycles. The van der Waals surface area contributed by atoms with Gasteiger partial charge in [-0.25, -0.2) is 0 Å². The quantitative estimate of drug-likeness (QED) is 0.120. The average Bonchev–Trinajstić information content (AvgIpc) is 2.78. The predicted octanol–water partition coefficient (Wildman–Crippen LogP) is 2.36. The highest BCUT2D eigenvalue weighted by Crippen LogP contribution is 2.21. The molecule has 7 N–H and O–H groups in total. The van der Waals surface area contributed by atoms with Crippen LogP contribution in [0.15, 0.2) is 0 Å². The minimum absolute atomic E-state index is 0.136. The second kappa shape index (κ2) is 19.7. The molecule has 0 bridgehead atoms. The van der Waals surface area contributed by atoms with Crippen LogP contribution in [0, 0.1) is 5.92 Å². The first-order chi connectivity index (χ1) is 15.3. The van der Waals surface area contributed by atoms with Crippen LogP contribution in [0.2, 0.25) is 0 Å². The molecule has 0 fully saturated rings. The molecule has 0 saturated carbocycles. The Kier molecular flexibility index (Phi) is 19.2. The molecule has 32 heavy (non-hydrogen) atoms. The van der Waals surface area contributed by atoms with Crippen molar-refractivity contribution < 1.29 is 40.5 Å². The van der Waals surface area contributed by atoms with Gasteiger partial charge in [0.05, 0.1) is 18.6 Å². The van der Waals surface area contributed by atoms with E-state index in [9.17, 15) is 35.4 Å². The van der Waals surface area contributed by atoms with Gasteiger partial charge in [-0.15, -0.1) is 0 Å². The van der Waals surface area contributed by atoms with Gasteiger partial charge in [0.15, 0.2) is 0 Å². The Morgan fingerprint density at radius 2 is 0.969 bits per heavy atom. The summed E-state index contributed by atoms with van der Waals surface area (Å²) in [5, 5.41) is 67.2. The van der Waals surface area contributed by atoms with Crippen molar-refractivity contribution in [2.24, 2.45) is 5.92 Å². The van der Waals surface area contributed by atoms with Crippen molar-refractivity contribution in [1.82, 2.24) is 0 Å². The van der Waals surface area contributed by atoms with Crippen molar-refractivity contribution in [3.05, 3.63) is 0 Å². The van der Waals surface area contributed by atoms with Gasteiger partial charge in [-0.2, -0.15) is 0 Å². The van der Waals surface area contributed by atoms with Crippen LogP contribution in [0.3, 0.4) is 0 Å². The van der Waals surface area contributed by atoms with Crippen LogP contribution in [0.4, 0.5) is 0 Å². The lowest BCUT2D eigenvalue weighted by Crippen LogP contribution is -2.52. The molecule has 0 saturated heterocycles. The molecule has 192 valence electrons. The summed E-state index contributed by atoms with van der Waals surface area (Å²) in [4.78, 5) is 11.5. The van der Waals surface area contributed by atoms with Crippen LogP contribution in [0.25, 0.3) is 0 Å². The Bertz CT molecular complexity index is 448. The Hall–Kier alpha value is -0.770. The molecule has 0 spiro atoms. The van der Waals surface area contributed by atoms with Gasteiger partial charge >= 0.3 is 5.97 Å². The van der Waals surface area contributed by atoms with E-state index in [0.717, 1.165) is 25.7 Å². The fourth-order valence-corrected chi connectivity index (χ4v) is 3.98. The fourth-order valence-electron chi connectivity index (χ4n) is 3.98. The zero-order valence-corrected chi connectivity index (χ0v) is 19.8. The van der Waals surface area contributed by atoms with Gasteiger partial charge in [0.1, 0.15) is 24.4 Å². The second-order valence-electron chi connectivity index (χ2n) is 9.04. The monoisotopic (exact) mass is 464 g/mol. The molecule has 8 heteroatoms. The summed E-state index contributed by atoms with van der Waals surface area (Å²) in [5.74, 6) is -2.59. The number of aliphatic carboxylic acids is 1. The van der Waals surface area contributed by atoms with Gasteiger partial charge in [-0.1, -0.05) is 96.8 Å². The second-order valence-corrected chi connectivity index (χ2v) is 9.04. The smallest absolute Gasteiger partial charge is 0.309 e. The number of carbonyl (C=O) groups is 1. The minimum atomic E-state index is -1.98. The number of hydrogen-bond acceptors (Lipinski definition) is 7. The molecule has 6 atom stereocenters. The average molecular weight is 465 g/mol. The largest absolute Gasteiger partial charge is 0.481 e. The van der Waals surface area contributed by atoms with E-state index >= 15 is 0 Å². The van der Waals surface area contributed by atoms with Gasteiger partial charge in [-0.3, -0.25) is 4.79 Å². The SMILES string of the molecule is CCCCCCCCCCCCCCCCC(C(=O)O)C(O)[C@@H](O)[C@@H](O)[C@H](O)[C@@H](O)CO. The fraction of sp³-hybridized carbons (Fsp3) is 0.958. The first-order valence-corrected chi connectivity index (χ1v) is 12.5. The maximum atomic E-state index is 11.5. The number of carboxylic acid groups (broad SMARTS) is 1. The molecular formula is C24H48O8. The van der Waals surface area contributed by atoms with E-state index in [1.165, 1.54) is 57.8 Å². The highest BCUT2D eigenvalue weighted by atomic mass is 16.4. The van der Waals surface area contributed by atoms with Gasteiger partial charge < -0.3 is 35.7 Å². The molecule has 0 aliphatic carbocycles. The first-order valence-electron chi connectivity index (χ1n) is 12.5. The number of unbranched alkanes of at least 4 members (excludes halogenated alkanes) is 13. The zero-order chi connectivity index (χ0) is 24.4. The summed E-state index contributed by atoms with van der Waals surface area (Å²) in [6, 6.07) is 0. The molecule has 0 aromatic carbocycles. The van der Waals surface area contributed by atoms with E-state index < -0.39 is 49.0 Å². The topological polar surface area (TPSA) is 159 Å². The van der Waals surface area contributed by atoms with Crippen LogP contribution in [0.5, 0.6) is 0 Å². The molecule has 0 aromatic heterocycles. The van der Waals surface area contributed by atoms with Gasteiger partial charge in [0.2, 0.25) is 0 Å². The van der Waals surface area contributed by atoms with Crippen molar-refractivity contribution in [3.63, 3.8) is 0 Å². The molecular weight excluding hydrogens is 416 g/mol. The highest BCUT2D eigenvalue weighted by molar-refractivity contribution is 5.70. The van der Waals surface area contributed by atoms with Crippen LogP contribution in [0.1, 0.15) is 103 Å². The summed E-state index contributed by atoms with van der Waals surface area (Å²) in [6.07, 6.45) is 7.15. The lowest BCUT2D eigenvalue weighted by atomic mass is 9.88. The van der Waals surface area contributed by atoms with Crippen molar-refractivity contribution in [2.75, 3.05) is 6.61 Å². The van der Waals surface area contributed by atoms with Crippen LogP contribution < -0.4 is 0 Å².